The van der Waals surface area contributed by atoms with Gasteiger partial charge in [-0.3, -0.25) is 4.90 Å². The van der Waals surface area contributed by atoms with Gasteiger partial charge in [0.25, 0.3) is 0 Å². The summed E-state index contributed by atoms with van der Waals surface area (Å²) in [7, 11) is 0. The van der Waals surface area contributed by atoms with E-state index in [0.29, 0.717) is 18.6 Å². The van der Waals surface area contributed by atoms with Gasteiger partial charge in [0, 0.05) is 44.3 Å². The van der Waals surface area contributed by atoms with Gasteiger partial charge in [-0.15, -0.1) is 0 Å². The van der Waals surface area contributed by atoms with Gasteiger partial charge in [0.05, 0.1) is 6.61 Å². The minimum Gasteiger partial charge on any atom is -0.493 e. The molecule has 4 rings (SSSR count). The predicted molar refractivity (Wildman–Crippen MR) is 96.4 cm³/mol. The monoisotopic (exact) mass is 341 g/mol. The van der Waals surface area contributed by atoms with E-state index in [0.717, 1.165) is 37.7 Å². The Morgan fingerprint density at radius 3 is 2.72 bits per heavy atom. The summed E-state index contributed by atoms with van der Waals surface area (Å²) in [6.07, 6.45) is 4.24. The molecule has 0 bridgehead atoms. The number of piperazine rings is 1. The number of hydrogen-bond donors (Lipinski definition) is 0. The average molecular weight is 341 g/mol. The average Bonchev–Trinajstić information content (AvgIpc) is 2.68. The maximum absolute atomic E-state index is 13.0. The van der Waals surface area contributed by atoms with Crippen molar-refractivity contribution in [3.05, 3.63) is 54.5 Å². The fourth-order valence-electron chi connectivity index (χ4n) is 3.89. The summed E-state index contributed by atoms with van der Waals surface area (Å²) < 4.78 is 18.8. The number of halogens is 1. The van der Waals surface area contributed by atoms with Gasteiger partial charge in [-0.05, 0) is 49.2 Å². The maximum Gasteiger partial charge on any atom is 0.128 e. The summed E-state index contributed by atoms with van der Waals surface area (Å²) in [6, 6.07) is 13.0. The molecule has 2 aliphatic heterocycles. The van der Waals surface area contributed by atoms with E-state index < -0.39 is 0 Å². The first-order chi connectivity index (χ1) is 12.3. The lowest BCUT2D eigenvalue weighted by atomic mass is 9.91. The first-order valence-corrected chi connectivity index (χ1v) is 9.06. The molecule has 4 nitrogen and oxygen atoms in total. The minimum absolute atomic E-state index is 0.223. The van der Waals surface area contributed by atoms with Gasteiger partial charge in [-0.2, -0.15) is 0 Å². The van der Waals surface area contributed by atoms with Crippen LogP contribution >= 0.6 is 0 Å². The van der Waals surface area contributed by atoms with E-state index in [9.17, 15) is 4.39 Å². The molecule has 0 spiro atoms. The van der Waals surface area contributed by atoms with Crippen molar-refractivity contribution in [1.82, 2.24) is 9.88 Å². The van der Waals surface area contributed by atoms with Crippen LogP contribution in [0, 0.1) is 11.7 Å². The molecule has 1 aromatic carbocycles. The lowest BCUT2D eigenvalue weighted by Gasteiger charge is -2.46. The molecule has 0 radical (unpaired) electrons. The van der Waals surface area contributed by atoms with Crippen molar-refractivity contribution >= 4 is 5.82 Å². The van der Waals surface area contributed by atoms with Crippen molar-refractivity contribution in [2.24, 2.45) is 5.92 Å². The van der Waals surface area contributed by atoms with E-state index in [1.54, 1.807) is 12.1 Å². The van der Waals surface area contributed by atoms with Crippen molar-refractivity contribution in [3.8, 4) is 5.75 Å². The van der Waals surface area contributed by atoms with Crippen LogP contribution in [0.25, 0.3) is 0 Å². The Morgan fingerprint density at radius 1 is 1.04 bits per heavy atom. The number of ether oxygens (including phenoxy) is 1. The molecule has 0 aliphatic carbocycles. The Hall–Kier alpha value is -2.14. The molecule has 2 saturated heterocycles. The van der Waals surface area contributed by atoms with Crippen LogP contribution in [0.5, 0.6) is 5.75 Å². The maximum atomic E-state index is 13.0. The fourth-order valence-corrected chi connectivity index (χ4v) is 3.89. The summed E-state index contributed by atoms with van der Waals surface area (Å²) in [6.45, 7) is 4.95. The molecule has 1 aromatic heterocycles. The molecule has 0 amide bonds. The normalized spacial score (nSPS) is 24.0. The van der Waals surface area contributed by atoms with Crippen LogP contribution < -0.4 is 9.64 Å². The molecule has 0 unspecified atom stereocenters. The molecule has 2 aromatic rings. The lowest BCUT2D eigenvalue weighted by molar-refractivity contribution is 0.0727. The van der Waals surface area contributed by atoms with Crippen molar-refractivity contribution < 1.29 is 9.13 Å². The molecule has 5 heteroatoms. The SMILES string of the molecule is Fc1ccc(OC[C@@H]2CC[C@H]3CN(c4ccccn4)CCN3C2)cc1. The van der Waals surface area contributed by atoms with Gasteiger partial charge in [0.15, 0.2) is 0 Å². The number of hydrogen-bond acceptors (Lipinski definition) is 4. The molecule has 132 valence electrons. The topological polar surface area (TPSA) is 28.6 Å². The molecule has 0 N–H and O–H groups in total. The van der Waals surface area contributed by atoms with Gasteiger partial charge in [-0.25, -0.2) is 9.37 Å². The molecule has 2 aliphatic rings. The molecular formula is C20H24FN3O. The van der Waals surface area contributed by atoms with E-state index in [1.807, 2.05) is 12.3 Å². The van der Waals surface area contributed by atoms with Crippen molar-refractivity contribution in [2.75, 3.05) is 37.7 Å². The summed E-state index contributed by atoms with van der Waals surface area (Å²) >= 11 is 0. The summed E-state index contributed by atoms with van der Waals surface area (Å²) in [4.78, 5) is 9.48. The third kappa shape index (κ3) is 3.93. The second kappa shape index (κ2) is 7.40. The quantitative estimate of drug-likeness (QED) is 0.854. The van der Waals surface area contributed by atoms with Crippen molar-refractivity contribution in [2.45, 2.75) is 18.9 Å². The zero-order chi connectivity index (χ0) is 17.1. The Balaban J connectivity index is 1.29. The lowest BCUT2D eigenvalue weighted by Crippen LogP contribution is -2.57. The van der Waals surface area contributed by atoms with Crippen LogP contribution in [0.4, 0.5) is 10.2 Å². The van der Waals surface area contributed by atoms with E-state index >= 15 is 0 Å². The number of nitrogens with zero attached hydrogens (tertiary/aromatic N) is 3. The van der Waals surface area contributed by atoms with Crippen LogP contribution in [0.1, 0.15) is 12.8 Å². The second-order valence-corrected chi connectivity index (χ2v) is 6.99. The van der Waals surface area contributed by atoms with Crippen LogP contribution in [0.2, 0.25) is 0 Å². The number of rotatable bonds is 4. The highest BCUT2D eigenvalue weighted by molar-refractivity contribution is 5.38. The standard InChI is InChI=1S/C20H24FN3O/c21-17-5-8-19(9-6-17)25-15-16-4-7-18-14-24(12-11-23(18)13-16)20-3-1-2-10-22-20/h1-3,5-6,8-10,16,18H,4,7,11-15H2/t16-,18+/m1/s1. The van der Waals surface area contributed by atoms with E-state index in [1.165, 1.54) is 25.0 Å². The number of pyridine rings is 1. The van der Waals surface area contributed by atoms with Gasteiger partial charge < -0.3 is 9.64 Å². The zero-order valence-electron chi connectivity index (χ0n) is 14.4. The molecule has 2 fully saturated rings. The smallest absolute Gasteiger partial charge is 0.128 e. The fraction of sp³-hybridized carbons (Fsp3) is 0.450. The summed E-state index contributed by atoms with van der Waals surface area (Å²) in [5.74, 6) is 2.16. The Bertz CT molecular complexity index is 679. The van der Waals surface area contributed by atoms with E-state index in [2.05, 4.69) is 26.9 Å². The van der Waals surface area contributed by atoms with Gasteiger partial charge >= 0.3 is 0 Å². The number of fused-ring (bicyclic) bond motifs is 1. The van der Waals surface area contributed by atoms with E-state index in [4.69, 9.17) is 4.74 Å². The molecule has 2 atom stereocenters. The van der Waals surface area contributed by atoms with Crippen LogP contribution in [-0.2, 0) is 0 Å². The van der Waals surface area contributed by atoms with Gasteiger partial charge in [0.1, 0.15) is 17.4 Å². The first kappa shape index (κ1) is 16.3. The van der Waals surface area contributed by atoms with Gasteiger partial charge in [0.2, 0.25) is 0 Å². The third-order valence-electron chi connectivity index (χ3n) is 5.28. The first-order valence-electron chi connectivity index (χ1n) is 9.06. The Labute approximate surface area is 148 Å². The highest BCUT2D eigenvalue weighted by atomic mass is 19.1. The number of aromatic nitrogens is 1. The highest BCUT2D eigenvalue weighted by Gasteiger charge is 2.33. The molecule has 25 heavy (non-hydrogen) atoms. The Morgan fingerprint density at radius 2 is 1.92 bits per heavy atom. The number of anilines is 1. The van der Waals surface area contributed by atoms with Crippen LogP contribution in [0.15, 0.2) is 48.7 Å². The Kier molecular flexibility index (Phi) is 4.83. The highest BCUT2D eigenvalue weighted by Crippen LogP contribution is 2.27. The number of benzene rings is 1. The minimum atomic E-state index is -0.223. The zero-order valence-corrected chi connectivity index (χ0v) is 14.4. The molecule has 3 heterocycles. The second-order valence-electron chi connectivity index (χ2n) is 6.99. The molecule has 0 saturated carbocycles. The van der Waals surface area contributed by atoms with Gasteiger partial charge in [-0.1, -0.05) is 6.07 Å². The van der Waals surface area contributed by atoms with Crippen molar-refractivity contribution in [1.29, 1.82) is 0 Å². The summed E-state index contributed by atoms with van der Waals surface area (Å²) in [5.41, 5.74) is 0. The summed E-state index contributed by atoms with van der Waals surface area (Å²) in [5, 5.41) is 0. The number of piperidine rings is 1. The largest absolute Gasteiger partial charge is 0.493 e. The van der Waals surface area contributed by atoms with Crippen molar-refractivity contribution in [3.63, 3.8) is 0 Å². The van der Waals surface area contributed by atoms with Crippen LogP contribution in [0.3, 0.4) is 0 Å². The third-order valence-corrected chi connectivity index (χ3v) is 5.28. The van der Waals surface area contributed by atoms with Crippen LogP contribution in [-0.4, -0.2) is 48.7 Å². The molecular weight excluding hydrogens is 317 g/mol. The predicted octanol–water partition coefficient (Wildman–Crippen LogP) is 3.20. The van der Waals surface area contributed by atoms with E-state index in [-0.39, 0.29) is 5.82 Å².